The van der Waals surface area contributed by atoms with Crippen LogP contribution in [0.25, 0.3) is 0 Å². The van der Waals surface area contributed by atoms with E-state index in [1.165, 1.54) is 20.3 Å². The summed E-state index contributed by atoms with van der Waals surface area (Å²) in [5, 5.41) is 4.96. The summed E-state index contributed by atoms with van der Waals surface area (Å²) >= 11 is 0. The molecule has 1 aliphatic carbocycles. The molecule has 2 rings (SSSR count). The Balaban J connectivity index is 2.44. The number of hydrogen-bond acceptors (Lipinski definition) is 4. The van der Waals surface area contributed by atoms with Crippen LogP contribution in [-0.4, -0.2) is 37.0 Å². The zero-order valence-electron chi connectivity index (χ0n) is 10.3. The van der Waals surface area contributed by atoms with Crippen molar-refractivity contribution in [3.05, 3.63) is 23.5 Å². The molecule has 1 saturated carbocycles. The largest absolute Gasteiger partial charge is 0.489 e. The van der Waals surface area contributed by atoms with Gasteiger partial charge in [0, 0.05) is 20.3 Å². The lowest BCUT2D eigenvalue weighted by Crippen LogP contribution is -2.27. The molecular formula is C12H15N3O3. The molecule has 1 aromatic heterocycles. The van der Waals surface area contributed by atoms with Gasteiger partial charge in [0.15, 0.2) is 0 Å². The number of carbonyl (C=O) groups is 2. The summed E-state index contributed by atoms with van der Waals surface area (Å²) in [6.07, 6.45) is 3.57. The number of hydrogen-bond donors (Lipinski definition) is 2. The average molecular weight is 249 g/mol. The maximum Gasteiger partial charge on any atom is 0.270 e. The van der Waals surface area contributed by atoms with E-state index in [4.69, 9.17) is 4.74 Å². The minimum atomic E-state index is -0.408. The normalized spacial score (nSPS) is 13.9. The molecule has 0 aromatic carbocycles. The van der Waals surface area contributed by atoms with Crippen LogP contribution in [0.1, 0.15) is 33.7 Å². The maximum atomic E-state index is 11.9. The SMILES string of the molecule is CNC(=O)c1nccc(OC2CC2)c1C(=O)NC. The Kier molecular flexibility index (Phi) is 3.45. The summed E-state index contributed by atoms with van der Waals surface area (Å²) in [4.78, 5) is 27.5. The van der Waals surface area contributed by atoms with Gasteiger partial charge in [0.25, 0.3) is 11.8 Å². The molecule has 0 saturated heterocycles. The fourth-order valence-corrected chi connectivity index (χ4v) is 1.54. The number of pyridine rings is 1. The van der Waals surface area contributed by atoms with Crippen LogP contribution >= 0.6 is 0 Å². The van der Waals surface area contributed by atoms with E-state index in [1.807, 2.05) is 0 Å². The minimum Gasteiger partial charge on any atom is -0.489 e. The number of nitrogens with one attached hydrogen (secondary N) is 2. The summed E-state index contributed by atoms with van der Waals surface area (Å²) in [6, 6.07) is 1.61. The van der Waals surface area contributed by atoms with E-state index in [2.05, 4.69) is 15.6 Å². The monoisotopic (exact) mass is 249 g/mol. The number of aromatic nitrogens is 1. The summed E-state index contributed by atoms with van der Waals surface area (Å²) in [5.74, 6) is -0.377. The molecule has 0 unspecified atom stereocenters. The molecule has 0 bridgehead atoms. The van der Waals surface area contributed by atoms with Crippen molar-refractivity contribution in [2.75, 3.05) is 14.1 Å². The molecule has 18 heavy (non-hydrogen) atoms. The van der Waals surface area contributed by atoms with Gasteiger partial charge in [-0.25, -0.2) is 4.98 Å². The number of rotatable bonds is 4. The zero-order chi connectivity index (χ0) is 13.1. The van der Waals surface area contributed by atoms with E-state index < -0.39 is 5.91 Å². The highest BCUT2D eigenvalue weighted by Crippen LogP contribution is 2.30. The number of amides is 2. The summed E-state index contributed by atoms with van der Waals surface area (Å²) in [5.41, 5.74) is 0.265. The Labute approximate surface area is 105 Å². The summed E-state index contributed by atoms with van der Waals surface area (Å²) in [6.45, 7) is 0. The Morgan fingerprint density at radius 3 is 2.50 bits per heavy atom. The molecule has 1 heterocycles. The first-order valence-corrected chi connectivity index (χ1v) is 5.77. The molecule has 1 fully saturated rings. The van der Waals surface area contributed by atoms with Gasteiger partial charge in [-0.05, 0) is 18.9 Å². The average Bonchev–Trinajstić information content (AvgIpc) is 3.20. The highest BCUT2D eigenvalue weighted by Gasteiger charge is 2.28. The lowest BCUT2D eigenvalue weighted by atomic mass is 10.1. The van der Waals surface area contributed by atoms with Gasteiger partial charge in [0.1, 0.15) is 17.0 Å². The third-order valence-corrected chi connectivity index (χ3v) is 2.63. The van der Waals surface area contributed by atoms with Crippen molar-refractivity contribution in [1.29, 1.82) is 0 Å². The smallest absolute Gasteiger partial charge is 0.270 e. The predicted octanol–water partition coefficient (Wildman–Crippen LogP) is 0.342. The Morgan fingerprint density at radius 1 is 1.28 bits per heavy atom. The molecule has 0 spiro atoms. The molecule has 1 aromatic rings. The van der Waals surface area contributed by atoms with Crippen LogP contribution in [0.4, 0.5) is 0 Å². The molecule has 1 aliphatic rings. The topological polar surface area (TPSA) is 80.3 Å². The third-order valence-electron chi connectivity index (χ3n) is 2.63. The van der Waals surface area contributed by atoms with Crippen molar-refractivity contribution < 1.29 is 14.3 Å². The van der Waals surface area contributed by atoms with Gasteiger partial charge >= 0.3 is 0 Å². The molecule has 0 aliphatic heterocycles. The Hall–Kier alpha value is -2.11. The molecular weight excluding hydrogens is 234 g/mol. The summed E-state index contributed by atoms with van der Waals surface area (Å²) < 4.78 is 5.63. The van der Waals surface area contributed by atoms with Crippen molar-refractivity contribution in [1.82, 2.24) is 15.6 Å². The second kappa shape index (κ2) is 5.03. The highest BCUT2D eigenvalue weighted by molar-refractivity contribution is 6.07. The molecule has 0 radical (unpaired) electrons. The van der Waals surface area contributed by atoms with E-state index >= 15 is 0 Å². The number of ether oxygens (including phenoxy) is 1. The van der Waals surface area contributed by atoms with Crippen molar-refractivity contribution >= 4 is 11.8 Å². The predicted molar refractivity (Wildman–Crippen MR) is 64.7 cm³/mol. The molecule has 0 atom stereocenters. The highest BCUT2D eigenvalue weighted by atomic mass is 16.5. The van der Waals surface area contributed by atoms with E-state index in [0.717, 1.165) is 12.8 Å². The van der Waals surface area contributed by atoms with Crippen LogP contribution in [0.5, 0.6) is 5.75 Å². The van der Waals surface area contributed by atoms with Crippen LogP contribution in [0.2, 0.25) is 0 Å². The van der Waals surface area contributed by atoms with Crippen LogP contribution in [-0.2, 0) is 0 Å². The van der Waals surface area contributed by atoms with Crippen molar-refractivity contribution in [2.24, 2.45) is 0 Å². The van der Waals surface area contributed by atoms with Gasteiger partial charge in [-0.3, -0.25) is 9.59 Å². The molecule has 2 amide bonds. The first-order chi connectivity index (χ1) is 8.67. The lowest BCUT2D eigenvalue weighted by molar-refractivity contribution is 0.0921. The van der Waals surface area contributed by atoms with Gasteiger partial charge in [-0.15, -0.1) is 0 Å². The zero-order valence-corrected chi connectivity index (χ0v) is 10.3. The van der Waals surface area contributed by atoms with E-state index in [-0.39, 0.29) is 23.3 Å². The molecule has 96 valence electrons. The van der Waals surface area contributed by atoms with Crippen molar-refractivity contribution in [3.8, 4) is 5.75 Å². The van der Waals surface area contributed by atoms with Crippen LogP contribution in [0.3, 0.4) is 0 Å². The van der Waals surface area contributed by atoms with Gasteiger partial charge in [-0.1, -0.05) is 0 Å². The van der Waals surface area contributed by atoms with E-state index in [1.54, 1.807) is 6.07 Å². The van der Waals surface area contributed by atoms with Crippen LogP contribution in [0, 0.1) is 0 Å². The fourth-order valence-electron chi connectivity index (χ4n) is 1.54. The van der Waals surface area contributed by atoms with E-state index in [0.29, 0.717) is 5.75 Å². The molecule has 2 N–H and O–H groups in total. The van der Waals surface area contributed by atoms with Gasteiger partial charge in [0.2, 0.25) is 0 Å². The Bertz CT molecular complexity index is 483. The van der Waals surface area contributed by atoms with Crippen molar-refractivity contribution in [3.63, 3.8) is 0 Å². The first kappa shape index (κ1) is 12.3. The van der Waals surface area contributed by atoms with Gasteiger partial charge in [0.05, 0.1) is 6.10 Å². The van der Waals surface area contributed by atoms with Crippen LogP contribution < -0.4 is 15.4 Å². The second-order valence-electron chi connectivity index (χ2n) is 4.01. The van der Waals surface area contributed by atoms with Crippen molar-refractivity contribution in [2.45, 2.75) is 18.9 Å². The maximum absolute atomic E-state index is 11.9. The number of carbonyl (C=O) groups excluding carboxylic acids is 2. The Morgan fingerprint density at radius 2 is 1.94 bits per heavy atom. The number of nitrogens with zero attached hydrogens (tertiary/aromatic N) is 1. The summed E-state index contributed by atoms with van der Waals surface area (Å²) in [7, 11) is 3.00. The quantitative estimate of drug-likeness (QED) is 0.806. The molecule has 6 nitrogen and oxygen atoms in total. The van der Waals surface area contributed by atoms with Gasteiger partial charge in [-0.2, -0.15) is 0 Å². The van der Waals surface area contributed by atoms with Crippen LogP contribution in [0.15, 0.2) is 12.3 Å². The second-order valence-corrected chi connectivity index (χ2v) is 4.01. The van der Waals surface area contributed by atoms with E-state index in [9.17, 15) is 9.59 Å². The standard InChI is InChI=1S/C12H15N3O3/c1-13-11(16)9-8(18-7-3-4-7)5-6-15-10(9)12(17)14-2/h5-7H,3-4H2,1-2H3,(H,13,16)(H,14,17). The fraction of sp³-hybridized carbons (Fsp3) is 0.417. The molecule has 6 heteroatoms. The first-order valence-electron chi connectivity index (χ1n) is 5.77. The lowest BCUT2D eigenvalue weighted by Gasteiger charge is -2.12. The van der Waals surface area contributed by atoms with Gasteiger partial charge < -0.3 is 15.4 Å². The minimum absolute atomic E-state index is 0.0787. The third kappa shape index (κ3) is 2.42.